The van der Waals surface area contributed by atoms with Gasteiger partial charge >= 0.3 is 0 Å². The molecule has 0 fully saturated rings. The second-order valence-corrected chi connectivity index (χ2v) is 11.6. The van der Waals surface area contributed by atoms with Crippen molar-refractivity contribution in [2.75, 3.05) is 11.5 Å². The van der Waals surface area contributed by atoms with Gasteiger partial charge < -0.3 is 0 Å². The van der Waals surface area contributed by atoms with E-state index in [0.29, 0.717) is 0 Å². The summed E-state index contributed by atoms with van der Waals surface area (Å²) in [6, 6.07) is 0. The first-order valence-corrected chi connectivity index (χ1v) is 11.0. The Balaban J connectivity index is 2.11. The van der Waals surface area contributed by atoms with Crippen LogP contribution in [0, 0.1) is 0 Å². The summed E-state index contributed by atoms with van der Waals surface area (Å²) in [5.74, 6) is 2.33. The van der Waals surface area contributed by atoms with E-state index in [0.717, 1.165) is 11.5 Å². The Labute approximate surface area is 135 Å². The van der Waals surface area contributed by atoms with E-state index >= 15 is 0 Å². The first-order chi connectivity index (χ1) is 8.65. The van der Waals surface area contributed by atoms with Gasteiger partial charge in [0.2, 0.25) is 0 Å². The van der Waals surface area contributed by atoms with E-state index in [1.165, 1.54) is 26.8 Å². The zero-order valence-corrected chi connectivity index (χ0v) is 15.8. The van der Waals surface area contributed by atoms with E-state index in [1.54, 1.807) is 0 Å². The molecule has 0 aromatic heterocycles. The van der Waals surface area contributed by atoms with Crippen LogP contribution in [0.5, 0.6) is 0 Å². The van der Waals surface area contributed by atoms with Crippen LogP contribution in [0.4, 0.5) is 0 Å². The van der Waals surface area contributed by atoms with Gasteiger partial charge in [0.15, 0.2) is 0 Å². The Morgan fingerprint density at radius 3 is 1.50 bits per heavy atom. The average molecular weight is 353 g/mol. The average Bonchev–Trinajstić information content (AvgIpc) is 2.86. The lowest BCUT2D eigenvalue weighted by molar-refractivity contribution is 1.53. The van der Waals surface area contributed by atoms with Crippen LogP contribution >= 0.6 is 70.6 Å². The molecule has 2 aliphatic rings. The molecular formula is C12H16S6. The van der Waals surface area contributed by atoms with Crippen molar-refractivity contribution in [3.05, 3.63) is 26.8 Å². The lowest BCUT2D eigenvalue weighted by Crippen LogP contribution is -1.72. The van der Waals surface area contributed by atoms with Crippen molar-refractivity contribution in [1.29, 1.82) is 0 Å². The van der Waals surface area contributed by atoms with Gasteiger partial charge in [-0.05, 0) is 35.2 Å². The summed E-state index contributed by atoms with van der Waals surface area (Å²) in [4.78, 5) is 2.93. The lowest BCUT2D eigenvalue weighted by Gasteiger charge is -2.01. The van der Waals surface area contributed by atoms with E-state index in [1.807, 2.05) is 70.6 Å². The predicted molar refractivity (Wildman–Crippen MR) is 99.1 cm³/mol. The Hall–Kier alpha value is 1.32. The van der Waals surface area contributed by atoms with Crippen LogP contribution in [0.1, 0.15) is 27.7 Å². The highest BCUT2D eigenvalue weighted by atomic mass is 32.3. The molecule has 0 aromatic rings. The molecule has 0 saturated carbocycles. The van der Waals surface area contributed by atoms with Crippen molar-refractivity contribution in [2.45, 2.75) is 27.7 Å². The van der Waals surface area contributed by atoms with Crippen molar-refractivity contribution in [3.8, 4) is 0 Å². The van der Waals surface area contributed by atoms with E-state index in [2.05, 4.69) is 27.7 Å². The highest BCUT2D eigenvalue weighted by Crippen LogP contribution is 2.63. The largest absolute Gasteiger partial charge is 0.118 e. The van der Waals surface area contributed by atoms with Gasteiger partial charge in [0.1, 0.15) is 0 Å². The number of rotatable bonds is 4. The predicted octanol–water partition coefficient (Wildman–Crippen LogP) is 6.96. The van der Waals surface area contributed by atoms with Crippen molar-refractivity contribution >= 4 is 70.6 Å². The zero-order chi connectivity index (χ0) is 13.1. The molecule has 2 rings (SSSR count). The van der Waals surface area contributed by atoms with Crippen LogP contribution in [0.15, 0.2) is 26.8 Å². The molecule has 2 heterocycles. The maximum atomic E-state index is 2.23. The molecule has 0 saturated heterocycles. The molecule has 100 valence electrons. The van der Waals surface area contributed by atoms with Crippen LogP contribution < -0.4 is 0 Å². The third-order valence-electron chi connectivity index (χ3n) is 2.24. The number of allylic oxidation sites excluding steroid dienone is 2. The SMILES string of the molecule is CCSC1=C(SCC)SC(=C2SC(C)=C(C)S2)S1. The summed E-state index contributed by atoms with van der Waals surface area (Å²) in [7, 11) is 0. The molecule has 0 N–H and O–H groups in total. The first-order valence-electron chi connectivity index (χ1n) is 5.78. The number of hydrogen-bond acceptors (Lipinski definition) is 6. The monoisotopic (exact) mass is 352 g/mol. The standard InChI is InChI=1S/C12H16S6/c1-5-13-9-10(14-6-2)18-12(17-9)11-15-7(3)8(4)16-11/h5-6H2,1-4H3. The van der Waals surface area contributed by atoms with Gasteiger partial charge in [0.05, 0.1) is 16.9 Å². The molecule has 6 heteroatoms. The summed E-state index contributed by atoms with van der Waals surface area (Å²) < 4.78 is 6.01. The molecule has 18 heavy (non-hydrogen) atoms. The van der Waals surface area contributed by atoms with Gasteiger partial charge in [-0.1, -0.05) is 60.9 Å². The number of thioether (sulfide) groups is 6. The van der Waals surface area contributed by atoms with Crippen LogP contribution in [0.3, 0.4) is 0 Å². The third-order valence-corrected chi connectivity index (χ3v) is 10.7. The van der Waals surface area contributed by atoms with Crippen LogP contribution in [-0.4, -0.2) is 11.5 Å². The number of hydrogen-bond donors (Lipinski definition) is 0. The highest BCUT2D eigenvalue weighted by molar-refractivity contribution is 8.42. The fraction of sp³-hybridized carbons (Fsp3) is 0.500. The summed E-state index contributed by atoms with van der Waals surface area (Å²) in [5, 5.41) is 0. The van der Waals surface area contributed by atoms with Gasteiger partial charge in [0.25, 0.3) is 0 Å². The normalized spacial score (nSPS) is 20.7. The summed E-state index contributed by atoms with van der Waals surface area (Å²) in [6.45, 7) is 8.91. The van der Waals surface area contributed by atoms with Gasteiger partial charge in [0, 0.05) is 0 Å². The van der Waals surface area contributed by atoms with Gasteiger partial charge in [-0.25, -0.2) is 0 Å². The maximum Gasteiger partial charge on any atom is 0.0717 e. The fourth-order valence-corrected chi connectivity index (χ4v) is 9.80. The first kappa shape index (κ1) is 15.7. The quantitative estimate of drug-likeness (QED) is 0.532. The smallest absolute Gasteiger partial charge is 0.0717 e. The second kappa shape index (κ2) is 7.36. The third kappa shape index (κ3) is 3.70. The Morgan fingerprint density at radius 1 is 0.722 bits per heavy atom. The van der Waals surface area contributed by atoms with Crippen LogP contribution in [0.2, 0.25) is 0 Å². The van der Waals surface area contributed by atoms with E-state index < -0.39 is 0 Å². The molecule has 2 aliphatic heterocycles. The van der Waals surface area contributed by atoms with Crippen molar-refractivity contribution in [3.63, 3.8) is 0 Å². The van der Waals surface area contributed by atoms with Gasteiger partial charge in [-0.3, -0.25) is 0 Å². The molecule has 0 aliphatic carbocycles. The molecule has 0 radical (unpaired) electrons. The van der Waals surface area contributed by atoms with Crippen LogP contribution in [-0.2, 0) is 0 Å². The summed E-state index contributed by atoms with van der Waals surface area (Å²) >= 11 is 11.8. The molecular weight excluding hydrogens is 337 g/mol. The minimum absolute atomic E-state index is 1.16. The van der Waals surface area contributed by atoms with E-state index in [9.17, 15) is 0 Å². The molecule has 0 nitrogen and oxygen atoms in total. The summed E-state index contributed by atoms with van der Waals surface area (Å²) in [6.07, 6.45) is 0. The van der Waals surface area contributed by atoms with Crippen LogP contribution in [0.25, 0.3) is 0 Å². The minimum Gasteiger partial charge on any atom is -0.118 e. The van der Waals surface area contributed by atoms with E-state index in [4.69, 9.17) is 0 Å². The molecule has 0 atom stereocenters. The lowest BCUT2D eigenvalue weighted by atomic mass is 10.6. The second-order valence-electron chi connectivity index (χ2n) is 3.54. The highest BCUT2D eigenvalue weighted by Gasteiger charge is 2.27. The molecule has 0 unspecified atom stereocenters. The Bertz CT molecular complexity index is 396. The Kier molecular flexibility index (Phi) is 6.42. The van der Waals surface area contributed by atoms with Crippen molar-refractivity contribution in [1.82, 2.24) is 0 Å². The topological polar surface area (TPSA) is 0 Å². The molecule has 0 aromatic carbocycles. The fourth-order valence-electron chi connectivity index (χ4n) is 1.32. The van der Waals surface area contributed by atoms with Gasteiger partial charge in [-0.2, -0.15) is 0 Å². The molecule has 0 amide bonds. The Morgan fingerprint density at radius 2 is 1.11 bits per heavy atom. The van der Waals surface area contributed by atoms with E-state index in [-0.39, 0.29) is 0 Å². The molecule has 0 bridgehead atoms. The molecule has 0 spiro atoms. The minimum atomic E-state index is 1.16. The van der Waals surface area contributed by atoms with Crippen molar-refractivity contribution < 1.29 is 0 Å². The van der Waals surface area contributed by atoms with Crippen molar-refractivity contribution in [2.24, 2.45) is 0 Å². The maximum absolute atomic E-state index is 2.23. The zero-order valence-electron chi connectivity index (χ0n) is 10.9. The van der Waals surface area contributed by atoms with Gasteiger partial charge in [-0.15, -0.1) is 23.5 Å². The summed E-state index contributed by atoms with van der Waals surface area (Å²) in [5.41, 5.74) is 0.